The van der Waals surface area contributed by atoms with Gasteiger partial charge in [0.2, 0.25) is 5.91 Å². The quantitative estimate of drug-likeness (QED) is 0.0196. The van der Waals surface area contributed by atoms with Gasteiger partial charge in [0.05, 0.1) is 32.0 Å². The van der Waals surface area contributed by atoms with Crippen LogP contribution in [0.15, 0.2) is 36.5 Å². The normalized spacial score (nSPS) is 19.6. The van der Waals surface area contributed by atoms with Gasteiger partial charge in [-0.15, -0.1) is 0 Å². The zero-order valence-corrected chi connectivity index (χ0v) is 44.3. The lowest BCUT2D eigenvalue weighted by Gasteiger charge is -2.40. The number of rotatable bonds is 49. The van der Waals surface area contributed by atoms with Gasteiger partial charge < -0.3 is 45.1 Å². The van der Waals surface area contributed by atoms with Gasteiger partial charge in [-0.3, -0.25) is 9.59 Å². The molecule has 0 aromatic carbocycles. The Bertz CT molecular complexity index is 1240. The largest absolute Gasteiger partial charge is 0.466 e. The summed E-state index contributed by atoms with van der Waals surface area (Å²) in [4.78, 5) is 25.0. The van der Waals surface area contributed by atoms with Crippen LogP contribution in [0.25, 0.3) is 0 Å². The number of esters is 1. The van der Waals surface area contributed by atoms with Crippen molar-refractivity contribution in [3.05, 3.63) is 36.5 Å². The molecule has 69 heavy (non-hydrogen) atoms. The Morgan fingerprint density at radius 1 is 0.522 bits per heavy atom. The van der Waals surface area contributed by atoms with Crippen molar-refractivity contribution in [2.75, 3.05) is 19.8 Å². The summed E-state index contributed by atoms with van der Waals surface area (Å²) < 4.78 is 16.6. The maximum atomic E-state index is 13.0. The third kappa shape index (κ3) is 38.2. The van der Waals surface area contributed by atoms with Gasteiger partial charge in [0.25, 0.3) is 0 Å². The minimum absolute atomic E-state index is 0.0117. The second-order valence-electron chi connectivity index (χ2n) is 20.0. The first kappa shape index (κ1) is 64.9. The van der Waals surface area contributed by atoms with Crippen LogP contribution < -0.4 is 5.32 Å². The van der Waals surface area contributed by atoms with E-state index in [1.807, 2.05) is 6.08 Å². The van der Waals surface area contributed by atoms with E-state index in [1.165, 1.54) is 141 Å². The van der Waals surface area contributed by atoms with E-state index < -0.39 is 49.5 Å². The van der Waals surface area contributed by atoms with E-state index in [0.29, 0.717) is 19.4 Å². The SMILES string of the molecule is CCCCC/C=C/CC/C=C/C(O)C(COC1OC(CO)C(O)C(O)C1O)NC(=O)CCCCCCC/C=C\CCCCCCCCCCCOC(=O)CCCCCCCCCCCCCCCC. The van der Waals surface area contributed by atoms with E-state index in [-0.39, 0.29) is 18.5 Å². The molecule has 6 N–H and O–H groups in total. The summed E-state index contributed by atoms with van der Waals surface area (Å²) in [5.74, 6) is -0.221. The fourth-order valence-electron chi connectivity index (χ4n) is 8.86. The molecule has 11 heteroatoms. The summed E-state index contributed by atoms with van der Waals surface area (Å²) in [5, 5.41) is 54.1. The Kier molecular flexibility index (Phi) is 45.3. The number of nitrogens with one attached hydrogen (secondary N) is 1. The van der Waals surface area contributed by atoms with Crippen LogP contribution in [0.2, 0.25) is 0 Å². The molecule has 0 aromatic heterocycles. The summed E-state index contributed by atoms with van der Waals surface area (Å²) in [7, 11) is 0. The highest BCUT2D eigenvalue weighted by Gasteiger charge is 2.44. The number of unbranched alkanes of at least 4 members (excludes halogenated alkanes) is 31. The molecule has 1 fully saturated rings. The van der Waals surface area contributed by atoms with Crippen LogP contribution >= 0.6 is 0 Å². The van der Waals surface area contributed by atoms with Gasteiger partial charge >= 0.3 is 5.97 Å². The fraction of sp³-hybridized carbons (Fsp3) is 0.862. The van der Waals surface area contributed by atoms with Crippen molar-refractivity contribution in [1.82, 2.24) is 5.32 Å². The lowest BCUT2D eigenvalue weighted by Crippen LogP contribution is -2.60. The van der Waals surface area contributed by atoms with Crippen molar-refractivity contribution in [3.8, 4) is 0 Å². The van der Waals surface area contributed by atoms with E-state index in [4.69, 9.17) is 14.2 Å². The smallest absolute Gasteiger partial charge is 0.305 e. The first-order valence-corrected chi connectivity index (χ1v) is 28.8. The Labute approximate surface area is 422 Å². The topological polar surface area (TPSA) is 175 Å². The molecule has 7 unspecified atom stereocenters. The van der Waals surface area contributed by atoms with Gasteiger partial charge in [-0.2, -0.15) is 0 Å². The Hall–Kier alpha value is -2.12. The van der Waals surface area contributed by atoms with Crippen LogP contribution in [-0.4, -0.2) is 100 Å². The summed E-state index contributed by atoms with van der Waals surface area (Å²) >= 11 is 0. The van der Waals surface area contributed by atoms with Crippen molar-refractivity contribution < 1.29 is 49.3 Å². The number of aliphatic hydroxyl groups is 5. The lowest BCUT2D eigenvalue weighted by molar-refractivity contribution is -0.302. The molecule has 404 valence electrons. The standard InChI is InChI=1S/C58H107NO10/c1-3-5-7-9-11-13-14-15-23-26-30-34-38-42-46-54(63)67-47-43-39-35-31-27-24-21-19-17-16-18-20-22-25-29-33-37-41-45-53(62)59-50(51(61)44-40-36-32-28-12-10-8-6-4-2)49-68-58-57(66)56(65)55(64)52(48-60)69-58/h12,18,20,28,40,44,50-52,55-58,60-61,64-66H,3-11,13-17,19,21-27,29-39,41-43,45-49H2,1-2H3,(H,59,62)/b20-18-,28-12+,44-40+. The number of carbonyl (C=O) groups excluding carboxylic acids is 2. The summed E-state index contributed by atoms with van der Waals surface area (Å²) in [6.45, 7) is 4.25. The van der Waals surface area contributed by atoms with Gasteiger partial charge in [-0.05, 0) is 70.6 Å². The molecule has 1 heterocycles. The van der Waals surface area contributed by atoms with Crippen molar-refractivity contribution >= 4 is 11.9 Å². The highest BCUT2D eigenvalue weighted by molar-refractivity contribution is 5.76. The molecule has 1 saturated heterocycles. The van der Waals surface area contributed by atoms with Crippen LogP contribution in [0, 0.1) is 0 Å². The molecule has 1 rings (SSSR count). The summed E-state index contributed by atoms with van der Waals surface area (Å²) in [6, 6.07) is -0.836. The maximum Gasteiger partial charge on any atom is 0.305 e. The Morgan fingerprint density at radius 3 is 1.46 bits per heavy atom. The number of hydrogen-bond donors (Lipinski definition) is 6. The zero-order valence-electron chi connectivity index (χ0n) is 44.3. The Morgan fingerprint density at radius 2 is 0.942 bits per heavy atom. The third-order valence-corrected chi connectivity index (χ3v) is 13.5. The highest BCUT2D eigenvalue weighted by Crippen LogP contribution is 2.23. The molecule has 0 spiro atoms. The van der Waals surface area contributed by atoms with Gasteiger partial charge in [0.15, 0.2) is 6.29 Å². The minimum Gasteiger partial charge on any atom is -0.466 e. The van der Waals surface area contributed by atoms with E-state index in [9.17, 15) is 35.1 Å². The predicted molar refractivity (Wildman–Crippen MR) is 283 cm³/mol. The lowest BCUT2D eigenvalue weighted by atomic mass is 9.99. The van der Waals surface area contributed by atoms with Crippen LogP contribution in [0.4, 0.5) is 0 Å². The molecule has 1 amide bonds. The van der Waals surface area contributed by atoms with Crippen molar-refractivity contribution in [3.63, 3.8) is 0 Å². The van der Waals surface area contributed by atoms with Crippen molar-refractivity contribution in [2.24, 2.45) is 0 Å². The molecular weight excluding hydrogens is 871 g/mol. The molecule has 0 saturated carbocycles. The van der Waals surface area contributed by atoms with E-state index in [2.05, 4.69) is 43.5 Å². The second-order valence-corrected chi connectivity index (χ2v) is 20.0. The molecule has 1 aliphatic heterocycles. The number of amides is 1. The number of carbonyl (C=O) groups is 2. The van der Waals surface area contributed by atoms with Crippen LogP contribution in [0.1, 0.15) is 258 Å². The van der Waals surface area contributed by atoms with Gasteiger partial charge in [-0.1, -0.05) is 211 Å². The average Bonchev–Trinajstić information content (AvgIpc) is 3.34. The van der Waals surface area contributed by atoms with Crippen LogP contribution in [0.3, 0.4) is 0 Å². The Balaban J connectivity index is 2.06. The fourth-order valence-corrected chi connectivity index (χ4v) is 8.86. The molecule has 0 aliphatic carbocycles. The van der Waals surface area contributed by atoms with E-state index in [0.717, 1.165) is 89.9 Å². The molecule has 1 aliphatic rings. The number of allylic oxidation sites excluding steroid dienone is 5. The molecular formula is C58H107NO10. The van der Waals surface area contributed by atoms with Gasteiger partial charge in [0, 0.05) is 12.8 Å². The first-order valence-electron chi connectivity index (χ1n) is 28.8. The van der Waals surface area contributed by atoms with Crippen LogP contribution in [0.5, 0.6) is 0 Å². The molecule has 0 aromatic rings. The number of hydrogen-bond acceptors (Lipinski definition) is 10. The number of ether oxygens (including phenoxy) is 3. The molecule has 11 nitrogen and oxygen atoms in total. The zero-order chi connectivity index (χ0) is 50.3. The molecule has 0 radical (unpaired) electrons. The highest BCUT2D eigenvalue weighted by atomic mass is 16.7. The summed E-state index contributed by atoms with van der Waals surface area (Å²) in [6.07, 6.45) is 48.2. The third-order valence-electron chi connectivity index (χ3n) is 13.5. The maximum absolute atomic E-state index is 13.0. The van der Waals surface area contributed by atoms with Gasteiger partial charge in [0.1, 0.15) is 24.4 Å². The van der Waals surface area contributed by atoms with E-state index >= 15 is 0 Å². The first-order chi connectivity index (χ1) is 33.7. The monoisotopic (exact) mass is 978 g/mol. The van der Waals surface area contributed by atoms with Gasteiger partial charge in [-0.25, -0.2) is 0 Å². The molecule has 7 atom stereocenters. The van der Waals surface area contributed by atoms with Crippen molar-refractivity contribution in [2.45, 2.75) is 301 Å². The van der Waals surface area contributed by atoms with Crippen LogP contribution in [-0.2, 0) is 23.8 Å². The van der Waals surface area contributed by atoms with Crippen molar-refractivity contribution in [1.29, 1.82) is 0 Å². The summed E-state index contributed by atoms with van der Waals surface area (Å²) in [5.41, 5.74) is 0. The number of aliphatic hydroxyl groups excluding tert-OH is 5. The second kappa shape index (κ2) is 48.2. The van der Waals surface area contributed by atoms with E-state index in [1.54, 1.807) is 6.08 Å². The molecule has 0 bridgehead atoms. The average molecular weight is 978 g/mol. The predicted octanol–water partition coefficient (Wildman–Crippen LogP) is 12.7. The minimum atomic E-state index is -1.58.